The lowest BCUT2D eigenvalue weighted by Crippen LogP contribution is -2.42. The first kappa shape index (κ1) is 14.4. The average molecular weight is 251 g/mol. The highest BCUT2D eigenvalue weighted by atomic mass is 15.0. The van der Waals surface area contributed by atoms with Gasteiger partial charge < -0.3 is 5.32 Å². The highest BCUT2D eigenvalue weighted by Crippen LogP contribution is 2.39. The van der Waals surface area contributed by atoms with Crippen LogP contribution in [0.25, 0.3) is 0 Å². The summed E-state index contributed by atoms with van der Waals surface area (Å²) in [6.45, 7) is 5.76. The third kappa shape index (κ3) is 4.57. The van der Waals surface area contributed by atoms with E-state index in [2.05, 4.69) is 19.2 Å². The van der Waals surface area contributed by atoms with Crippen LogP contribution in [0.15, 0.2) is 0 Å². The van der Waals surface area contributed by atoms with Crippen molar-refractivity contribution in [3.05, 3.63) is 0 Å². The first-order chi connectivity index (χ1) is 8.67. The summed E-state index contributed by atoms with van der Waals surface area (Å²) in [6.07, 6.45) is 16.5. The van der Waals surface area contributed by atoms with Gasteiger partial charge in [-0.05, 0) is 45.1 Å². The van der Waals surface area contributed by atoms with Crippen molar-refractivity contribution in [2.45, 2.75) is 90.0 Å². The predicted octanol–water partition coefficient (Wildman–Crippen LogP) is 4.91. The molecule has 2 saturated carbocycles. The monoisotopic (exact) mass is 251 g/mol. The molecule has 1 heterocycles. The topological polar surface area (TPSA) is 12.0 Å². The molecule has 0 unspecified atom stereocenters. The number of hydrogen-bond donors (Lipinski definition) is 1. The fraction of sp³-hybridized carbons (Fsp3) is 1.00. The lowest BCUT2D eigenvalue weighted by molar-refractivity contribution is 0.304. The number of hydrogen-bond acceptors (Lipinski definition) is 1. The van der Waals surface area contributed by atoms with E-state index >= 15 is 0 Å². The van der Waals surface area contributed by atoms with Crippen LogP contribution in [0.5, 0.6) is 0 Å². The Balaban J connectivity index is 0.000000138. The molecule has 1 saturated heterocycles. The normalized spacial score (nSPS) is 29.0. The van der Waals surface area contributed by atoms with Crippen LogP contribution in [0, 0.1) is 11.8 Å². The highest BCUT2D eigenvalue weighted by molar-refractivity contribution is 4.80. The first-order valence-corrected chi connectivity index (χ1v) is 8.42. The Hall–Kier alpha value is -0.0400. The average Bonchev–Trinajstić information content (AvgIpc) is 3.02. The van der Waals surface area contributed by atoms with Gasteiger partial charge in [0.2, 0.25) is 0 Å². The Morgan fingerprint density at radius 2 is 1.22 bits per heavy atom. The molecule has 3 aliphatic rings. The van der Waals surface area contributed by atoms with E-state index in [9.17, 15) is 0 Å². The van der Waals surface area contributed by atoms with Crippen LogP contribution in [-0.2, 0) is 0 Å². The van der Waals surface area contributed by atoms with E-state index in [0.717, 1.165) is 11.8 Å². The van der Waals surface area contributed by atoms with Gasteiger partial charge in [-0.1, -0.05) is 57.8 Å². The maximum absolute atomic E-state index is 3.46. The summed E-state index contributed by atoms with van der Waals surface area (Å²) >= 11 is 0. The van der Waals surface area contributed by atoms with Crippen molar-refractivity contribution in [1.82, 2.24) is 5.32 Å². The summed E-state index contributed by atoms with van der Waals surface area (Å²) in [4.78, 5) is 0. The minimum Gasteiger partial charge on any atom is -0.312 e. The van der Waals surface area contributed by atoms with Crippen molar-refractivity contribution in [1.29, 1.82) is 0 Å². The molecule has 2 aliphatic carbocycles. The zero-order valence-electron chi connectivity index (χ0n) is 12.6. The second-order valence-corrected chi connectivity index (χ2v) is 7.36. The van der Waals surface area contributed by atoms with Gasteiger partial charge in [0.15, 0.2) is 0 Å². The van der Waals surface area contributed by atoms with Crippen LogP contribution >= 0.6 is 0 Å². The molecule has 0 atom stereocenters. The molecular weight excluding hydrogens is 218 g/mol. The summed E-state index contributed by atoms with van der Waals surface area (Å²) < 4.78 is 0. The van der Waals surface area contributed by atoms with Crippen molar-refractivity contribution >= 4 is 0 Å². The van der Waals surface area contributed by atoms with Crippen molar-refractivity contribution in [3.63, 3.8) is 0 Å². The summed E-state index contributed by atoms with van der Waals surface area (Å²) in [5, 5.41) is 3.46. The lowest BCUT2D eigenvalue weighted by Gasteiger charge is -2.30. The van der Waals surface area contributed by atoms with Crippen molar-refractivity contribution < 1.29 is 0 Å². The Kier molecular flexibility index (Phi) is 5.54. The predicted molar refractivity (Wildman–Crippen MR) is 79.8 cm³/mol. The summed E-state index contributed by atoms with van der Waals surface area (Å²) in [5.74, 6) is 2.31. The molecule has 1 N–H and O–H groups in total. The van der Waals surface area contributed by atoms with Gasteiger partial charge in [0.25, 0.3) is 0 Å². The molecule has 3 rings (SSSR count). The van der Waals surface area contributed by atoms with Gasteiger partial charge in [-0.3, -0.25) is 0 Å². The smallest absolute Gasteiger partial charge is 0.0125 e. The molecule has 0 aromatic heterocycles. The van der Waals surface area contributed by atoms with E-state index in [1.54, 1.807) is 25.7 Å². The van der Waals surface area contributed by atoms with Gasteiger partial charge in [-0.25, -0.2) is 0 Å². The Bertz CT molecular complexity index is 200. The molecular formula is C17H33N. The third-order valence-electron chi connectivity index (χ3n) is 5.30. The molecule has 1 heteroatoms. The molecule has 18 heavy (non-hydrogen) atoms. The second-order valence-electron chi connectivity index (χ2n) is 7.36. The largest absolute Gasteiger partial charge is 0.312 e. The van der Waals surface area contributed by atoms with Crippen LogP contribution in [-0.4, -0.2) is 12.1 Å². The van der Waals surface area contributed by atoms with Crippen LogP contribution in [0.2, 0.25) is 0 Å². The molecule has 0 spiro atoms. The highest BCUT2D eigenvalue weighted by Gasteiger charge is 2.26. The van der Waals surface area contributed by atoms with E-state index < -0.39 is 0 Å². The standard InChI is InChI=1S/C10H18.C7H15N/c1-2-6-9(5-1)10-7-3-4-8-10;1-7(2)5-3-4-6-8-7/h9-10H,1-8H2;8H,3-6H2,1-2H3. The Labute approximate surface area is 114 Å². The van der Waals surface area contributed by atoms with Crippen molar-refractivity contribution in [2.24, 2.45) is 11.8 Å². The summed E-state index contributed by atoms with van der Waals surface area (Å²) in [7, 11) is 0. The maximum Gasteiger partial charge on any atom is 0.0125 e. The molecule has 1 aliphatic heterocycles. The number of nitrogens with one attached hydrogen (secondary N) is 1. The van der Waals surface area contributed by atoms with Gasteiger partial charge in [0, 0.05) is 5.54 Å². The molecule has 0 aromatic carbocycles. The fourth-order valence-electron chi connectivity index (χ4n) is 4.06. The van der Waals surface area contributed by atoms with Crippen molar-refractivity contribution in [3.8, 4) is 0 Å². The van der Waals surface area contributed by atoms with Crippen LogP contribution in [0.1, 0.15) is 84.5 Å². The van der Waals surface area contributed by atoms with Crippen LogP contribution in [0.3, 0.4) is 0 Å². The number of piperidine rings is 1. The summed E-state index contributed by atoms with van der Waals surface area (Å²) in [6, 6.07) is 0. The van der Waals surface area contributed by atoms with Crippen LogP contribution in [0.4, 0.5) is 0 Å². The number of rotatable bonds is 1. The molecule has 106 valence electrons. The van der Waals surface area contributed by atoms with Gasteiger partial charge in [-0.2, -0.15) is 0 Å². The van der Waals surface area contributed by atoms with E-state index in [0.29, 0.717) is 5.54 Å². The van der Waals surface area contributed by atoms with E-state index in [1.165, 1.54) is 51.5 Å². The van der Waals surface area contributed by atoms with E-state index in [1.807, 2.05) is 0 Å². The molecule has 0 radical (unpaired) electrons. The zero-order valence-corrected chi connectivity index (χ0v) is 12.6. The second kappa shape index (κ2) is 6.93. The molecule has 0 aromatic rings. The quantitative estimate of drug-likeness (QED) is 0.698. The van der Waals surface area contributed by atoms with Crippen molar-refractivity contribution in [2.75, 3.05) is 6.54 Å². The lowest BCUT2D eigenvalue weighted by atomic mass is 9.90. The Morgan fingerprint density at radius 1 is 0.722 bits per heavy atom. The van der Waals surface area contributed by atoms with E-state index in [4.69, 9.17) is 0 Å². The van der Waals surface area contributed by atoms with Gasteiger partial charge in [0.1, 0.15) is 0 Å². The fourth-order valence-corrected chi connectivity index (χ4v) is 4.06. The molecule has 0 bridgehead atoms. The molecule has 0 amide bonds. The van der Waals surface area contributed by atoms with Gasteiger partial charge in [0.05, 0.1) is 0 Å². The molecule has 3 fully saturated rings. The Morgan fingerprint density at radius 3 is 1.50 bits per heavy atom. The van der Waals surface area contributed by atoms with Gasteiger partial charge >= 0.3 is 0 Å². The maximum atomic E-state index is 3.46. The molecule has 1 nitrogen and oxygen atoms in total. The zero-order chi connectivity index (χ0) is 12.8. The first-order valence-electron chi connectivity index (χ1n) is 8.42. The van der Waals surface area contributed by atoms with E-state index in [-0.39, 0.29) is 0 Å². The van der Waals surface area contributed by atoms with Gasteiger partial charge in [-0.15, -0.1) is 0 Å². The minimum atomic E-state index is 0.429. The van der Waals surface area contributed by atoms with Crippen LogP contribution < -0.4 is 5.32 Å². The summed E-state index contributed by atoms with van der Waals surface area (Å²) in [5.41, 5.74) is 0.429. The SMILES string of the molecule is C1CCC(C2CCCC2)C1.CC1(C)CCCCN1. The third-order valence-corrected chi connectivity index (χ3v) is 5.30. The minimum absolute atomic E-state index is 0.429.